The van der Waals surface area contributed by atoms with Crippen LogP contribution in [0.25, 0.3) is 22.1 Å². The van der Waals surface area contributed by atoms with E-state index < -0.39 is 23.6 Å². The number of anilines is 2. The third-order valence-corrected chi connectivity index (χ3v) is 7.03. The van der Waals surface area contributed by atoms with Gasteiger partial charge in [-0.1, -0.05) is 12.2 Å². The molecule has 0 atom stereocenters. The van der Waals surface area contributed by atoms with Crippen molar-refractivity contribution in [2.75, 3.05) is 10.6 Å². The third kappa shape index (κ3) is 5.67. The molecule has 0 saturated heterocycles. The molecule has 0 fully saturated rings. The third-order valence-electron chi connectivity index (χ3n) is 7.03. The summed E-state index contributed by atoms with van der Waals surface area (Å²) in [7, 11) is 0. The van der Waals surface area contributed by atoms with Gasteiger partial charge in [0.2, 0.25) is 23.7 Å². The standard InChI is InChI=1S/C31H26N8O6/c1-17-14-19(27(33)41)16-21-25(17)39(31(35-21)37-29(43)24-7-5-13-45-24)11-3-2-10-38-22-9-8-18(26(32)40)15-20(22)34-30(38)36-28(42)23-6-4-12-44-23/h2-9,12-16H,10-11H2,1H3,(H2,32,40)(H2,33,41)(H,34,36,42)(H,35,37,43). The van der Waals surface area contributed by atoms with Gasteiger partial charge in [-0.2, -0.15) is 0 Å². The van der Waals surface area contributed by atoms with Crippen LogP contribution in [0.2, 0.25) is 0 Å². The number of benzene rings is 2. The summed E-state index contributed by atoms with van der Waals surface area (Å²) >= 11 is 0. The van der Waals surface area contributed by atoms with Crippen molar-refractivity contribution in [3.63, 3.8) is 0 Å². The maximum Gasteiger partial charge on any atom is 0.293 e. The van der Waals surface area contributed by atoms with Gasteiger partial charge in [0.05, 0.1) is 34.6 Å². The first-order valence-electron chi connectivity index (χ1n) is 13.6. The van der Waals surface area contributed by atoms with Gasteiger partial charge in [-0.3, -0.25) is 29.8 Å². The normalized spacial score (nSPS) is 11.4. The van der Waals surface area contributed by atoms with E-state index in [0.29, 0.717) is 27.6 Å². The number of amides is 4. The van der Waals surface area contributed by atoms with E-state index in [2.05, 4.69) is 20.6 Å². The first-order valence-corrected chi connectivity index (χ1v) is 13.6. The molecule has 4 heterocycles. The van der Waals surface area contributed by atoms with Crippen molar-refractivity contribution in [1.29, 1.82) is 0 Å². The highest BCUT2D eigenvalue weighted by atomic mass is 16.3. The Morgan fingerprint density at radius 1 is 0.756 bits per heavy atom. The van der Waals surface area contributed by atoms with Crippen LogP contribution in [0.15, 0.2) is 88.1 Å². The molecule has 0 saturated carbocycles. The van der Waals surface area contributed by atoms with Gasteiger partial charge in [0, 0.05) is 24.2 Å². The van der Waals surface area contributed by atoms with Crippen molar-refractivity contribution < 1.29 is 28.0 Å². The van der Waals surface area contributed by atoms with Crippen molar-refractivity contribution in [2.24, 2.45) is 11.5 Å². The second-order valence-electron chi connectivity index (χ2n) is 10.0. The monoisotopic (exact) mass is 606 g/mol. The SMILES string of the molecule is Cc1cc(C(N)=O)cc2nc(NC(=O)c3ccco3)n(CC=CCn3c(NC(=O)c4ccco4)nc4cc(C(N)=O)ccc43)c12. The zero-order valence-electron chi connectivity index (χ0n) is 23.8. The fourth-order valence-corrected chi connectivity index (χ4v) is 4.96. The van der Waals surface area contributed by atoms with Gasteiger partial charge < -0.3 is 29.4 Å². The lowest BCUT2D eigenvalue weighted by Crippen LogP contribution is -2.16. The maximum absolute atomic E-state index is 12.8. The number of aryl methyl sites for hydroxylation is 1. The molecule has 6 aromatic rings. The van der Waals surface area contributed by atoms with E-state index in [-0.39, 0.29) is 42.1 Å². The first kappa shape index (κ1) is 28.7. The van der Waals surface area contributed by atoms with Crippen LogP contribution < -0.4 is 22.1 Å². The Labute approximate surface area is 254 Å². The number of furan rings is 2. The van der Waals surface area contributed by atoms with E-state index in [0.717, 1.165) is 5.56 Å². The molecular formula is C31H26N8O6. The number of imidazole rings is 2. The van der Waals surface area contributed by atoms with Crippen LogP contribution in [-0.4, -0.2) is 42.7 Å². The minimum Gasteiger partial charge on any atom is -0.459 e. The molecule has 0 radical (unpaired) electrons. The van der Waals surface area contributed by atoms with E-state index >= 15 is 0 Å². The van der Waals surface area contributed by atoms with Gasteiger partial charge in [0.25, 0.3) is 11.8 Å². The molecule has 0 spiro atoms. The predicted molar refractivity (Wildman–Crippen MR) is 164 cm³/mol. The summed E-state index contributed by atoms with van der Waals surface area (Å²) in [6.45, 7) is 2.36. The number of nitrogens with zero attached hydrogens (tertiary/aromatic N) is 4. The van der Waals surface area contributed by atoms with E-state index in [1.807, 2.05) is 19.1 Å². The van der Waals surface area contributed by atoms with Gasteiger partial charge in [-0.15, -0.1) is 0 Å². The summed E-state index contributed by atoms with van der Waals surface area (Å²) in [5.41, 5.74) is 14.5. The molecule has 0 aliphatic carbocycles. The quantitative estimate of drug-likeness (QED) is 0.168. The molecule has 14 heteroatoms. The number of allylic oxidation sites excluding steroid dienone is 2. The molecular weight excluding hydrogens is 580 g/mol. The van der Waals surface area contributed by atoms with Crippen LogP contribution in [-0.2, 0) is 13.1 Å². The second kappa shape index (κ2) is 11.7. The zero-order chi connectivity index (χ0) is 31.7. The van der Waals surface area contributed by atoms with Crippen LogP contribution in [0.4, 0.5) is 11.9 Å². The second-order valence-corrected chi connectivity index (χ2v) is 10.0. The zero-order valence-corrected chi connectivity index (χ0v) is 23.8. The molecule has 226 valence electrons. The highest BCUT2D eigenvalue weighted by molar-refractivity contribution is 6.04. The largest absolute Gasteiger partial charge is 0.459 e. The van der Waals surface area contributed by atoms with Crippen molar-refractivity contribution in [1.82, 2.24) is 19.1 Å². The molecule has 0 aliphatic heterocycles. The average Bonchev–Trinajstić information content (AvgIpc) is 3.82. The van der Waals surface area contributed by atoms with Gasteiger partial charge >= 0.3 is 0 Å². The van der Waals surface area contributed by atoms with Crippen molar-refractivity contribution in [2.45, 2.75) is 20.0 Å². The Bertz CT molecular complexity index is 2120. The predicted octanol–water partition coefficient (Wildman–Crippen LogP) is 3.84. The molecule has 4 amide bonds. The van der Waals surface area contributed by atoms with Crippen molar-refractivity contribution >= 4 is 57.6 Å². The molecule has 0 unspecified atom stereocenters. The highest BCUT2D eigenvalue weighted by Gasteiger charge is 2.19. The van der Waals surface area contributed by atoms with E-state index in [1.165, 1.54) is 24.7 Å². The number of nitrogens with two attached hydrogens (primary N) is 2. The lowest BCUT2D eigenvalue weighted by atomic mass is 10.1. The Hall–Kier alpha value is -6.44. The van der Waals surface area contributed by atoms with Crippen LogP contribution in [0.1, 0.15) is 47.4 Å². The summed E-state index contributed by atoms with van der Waals surface area (Å²) in [5.74, 6) is -1.52. The Morgan fingerprint density at radius 2 is 1.31 bits per heavy atom. The summed E-state index contributed by atoms with van der Waals surface area (Å²) in [5, 5.41) is 5.53. The lowest BCUT2D eigenvalue weighted by Gasteiger charge is -2.10. The summed E-state index contributed by atoms with van der Waals surface area (Å²) in [4.78, 5) is 58.3. The molecule has 14 nitrogen and oxygen atoms in total. The molecule has 6 rings (SSSR count). The number of aromatic nitrogens is 4. The molecule has 45 heavy (non-hydrogen) atoms. The number of fused-ring (bicyclic) bond motifs is 2. The summed E-state index contributed by atoms with van der Waals surface area (Å²) < 4.78 is 14.0. The van der Waals surface area contributed by atoms with Gasteiger partial charge in [-0.25, -0.2) is 9.97 Å². The Morgan fingerprint density at radius 3 is 1.89 bits per heavy atom. The summed E-state index contributed by atoms with van der Waals surface area (Å²) in [6, 6.07) is 14.3. The Balaban J connectivity index is 1.32. The smallest absolute Gasteiger partial charge is 0.293 e. The Kier molecular flexibility index (Phi) is 7.44. The summed E-state index contributed by atoms with van der Waals surface area (Å²) in [6.07, 6.45) is 6.49. The van der Waals surface area contributed by atoms with Gasteiger partial charge in [-0.05, 0) is 67.1 Å². The maximum atomic E-state index is 12.8. The number of hydrogen-bond acceptors (Lipinski definition) is 8. The van der Waals surface area contributed by atoms with Crippen LogP contribution in [0.3, 0.4) is 0 Å². The number of rotatable bonds is 10. The molecule has 0 bridgehead atoms. The van der Waals surface area contributed by atoms with Crippen LogP contribution in [0.5, 0.6) is 0 Å². The van der Waals surface area contributed by atoms with Crippen LogP contribution in [0, 0.1) is 6.92 Å². The molecule has 4 aromatic heterocycles. The number of nitrogens with one attached hydrogen (secondary N) is 2. The number of carbonyl (C=O) groups is 4. The van der Waals surface area contributed by atoms with E-state index in [1.54, 1.807) is 51.6 Å². The topological polar surface area (TPSA) is 206 Å². The van der Waals surface area contributed by atoms with Crippen molar-refractivity contribution in [3.05, 3.63) is 107 Å². The number of hydrogen-bond donors (Lipinski definition) is 4. The first-order chi connectivity index (χ1) is 21.7. The fourth-order valence-electron chi connectivity index (χ4n) is 4.96. The minimum atomic E-state index is -0.603. The van der Waals surface area contributed by atoms with E-state index in [4.69, 9.17) is 20.3 Å². The average molecular weight is 607 g/mol. The van der Waals surface area contributed by atoms with Crippen LogP contribution >= 0.6 is 0 Å². The minimum absolute atomic E-state index is 0.105. The number of carbonyl (C=O) groups excluding carboxylic acids is 4. The van der Waals surface area contributed by atoms with E-state index in [9.17, 15) is 19.2 Å². The lowest BCUT2D eigenvalue weighted by molar-refractivity contribution is 0.0988. The molecule has 2 aromatic carbocycles. The van der Waals surface area contributed by atoms with Gasteiger partial charge in [0.15, 0.2) is 11.5 Å². The fraction of sp³-hybridized carbons (Fsp3) is 0.0968. The van der Waals surface area contributed by atoms with Crippen molar-refractivity contribution in [3.8, 4) is 0 Å². The molecule has 0 aliphatic rings. The molecule has 6 N–H and O–H groups in total. The number of primary amides is 2. The highest BCUT2D eigenvalue weighted by Crippen LogP contribution is 2.26. The van der Waals surface area contributed by atoms with Gasteiger partial charge in [0.1, 0.15) is 0 Å².